The fourth-order valence-corrected chi connectivity index (χ4v) is 4.78. The Labute approximate surface area is 177 Å². The van der Waals surface area contributed by atoms with Gasteiger partial charge in [0.15, 0.2) is 0 Å². The number of carbonyl (C=O) groups is 1. The first-order valence-corrected chi connectivity index (χ1v) is 10.9. The molecule has 154 valence electrons. The van der Waals surface area contributed by atoms with Crippen LogP contribution in [0.15, 0.2) is 54.9 Å². The summed E-state index contributed by atoms with van der Waals surface area (Å²) in [5.74, 6) is 0.517. The molecule has 3 aromatic rings. The van der Waals surface area contributed by atoms with Crippen LogP contribution in [0.2, 0.25) is 0 Å². The molecule has 0 bridgehead atoms. The third-order valence-electron chi connectivity index (χ3n) is 6.56. The lowest BCUT2D eigenvalue weighted by molar-refractivity contribution is 0.142. The summed E-state index contributed by atoms with van der Waals surface area (Å²) in [7, 11) is 0. The van der Waals surface area contributed by atoms with E-state index in [9.17, 15) is 4.79 Å². The molecule has 5 rings (SSSR count). The van der Waals surface area contributed by atoms with Crippen LogP contribution in [0.1, 0.15) is 36.2 Å². The zero-order valence-electron chi connectivity index (χ0n) is 17.4. The van der Waals surface area contributed by atoms with Gasteiger partial charge < -0.3 is 14.8 Å². The Hall–Kier alpha value is -3.08. The number of nitrogens with zero attached hydrogens (tertiary/aromatic N) is 3. The highest BCUT2D eigenvalue weighted by atomic mass is 16.2. The molecule has 0 spiro atoms. The van der Waals surface area contributed by atoms with Gasteiger partial charge in [0.2, 0.25) is 0 Å². The van der Waals surface area contributed by atoms with Crippen molar-refractivity contribution in [3.8, 4) is 0 Å². The summed E-state index contributed by atoms with van der Waals surface area (Å²) >= 11 is 0. The van der Waals surface area contributed by atoms with Gasteiger partial charge in [-0.1, -0.05) is 49.4 Å². The number of aromatic nitrogens is 2. The summed E-state index contributed by atoms with van der Waals surface area (Å²) in [5, 5.41) is 4.29. The fourth-order valence-electron chi connectivity index (χ4n) is 4.78. The zero-order chi connectivity index (χ0) is 20.5. The lowest BCUT2D eigenvalue weighted by Crippen LogP contribution is -2.48. The van der Waals surface area contributed by atoms with Crippen LogP contribution in [-0.4, -0.2) is 40.1 Å². The molecule has 1 aliphatic carbocycles. The van der Waals surface area contributed by atoms with Crippen molar-refractivity contribution in [2.24, 2.45) is 5.92 Å². The molecule has 1 saturated heterocycles. The second-order valence-corrected chi connectivity index (χ2v) is 8.50. The second kappa shape index (κ2) is 7.98. The maximum absolute atomic E-state index is 12.8. The summed E-state index contributed by atoms with van der Waals surface area (Å²) in [6, 6.07) is 12.8. The molecule has 2 aromatic heterocycles. The normalized spacial score (nSPS) is 20.5. The Balaban J connectivity index is 1.31. The maximum Gasteiger partial charge on any atom is 0.317 e. The number of nitrogens with one attached hydrogen (secondary N) is 1. The number of fused-ring (bicyclic) bond motifs is 3. The second-order valence-electron chi connectivity index (χ2n) is 8.50. The lowest BCUT2D eigenvalue weighted by Gasteiger charge is -2.38. The first kappa shape index (κ1) is 18.9. The first-order valence-electron chi connectivity index (χ1n) is 10.9. The van der Waals surface area contributed by atoms with E-state index in [1.807, 2.05) is 29.3 Å². The Morgan fingerprint density at radius 3 is 2.97 bits per heavy atom. The molecule has 3 heterocycles. The van der Waals surface area contributed by atoms with Crippen molar-refractivity contribution in [1.82, 2.24) is 19.8 Å². The van der Waals surface area contributed by atoms with Crippen LogP contribution in [0.4, 0.5) is 4.79 Å². The van der Waals surface area contributed by atoms with Crippen LogP contribution in [0.25, 0.3) is 17.0 Å². The van der Waals surface area contributed by atoms with E-state index in [1.54, 1.807) is 0 Å². The highest BCUT2D eigenvalue weighted by Crippen LogP contribution is 2.34. The summed E-state index contributed by atoms with van der Waals surface area (Å²) in [6.07, 6.45) is 11.3. The molecule has 0 saturated carbocycles. The quantitative estimate of drug-likeness (QED) is 0.704. The number of hydrogen-bond acceptors (Lipinski definition) is 2. The molecule has 0 radical (unpaired) electrons. The minimum atomic E-state index is 0.0473. The molecule has 5 nitrogen and oxygen atoms in total. The molecule has 1 N–H and O–H groups in total. The highest BCUT2D eigenvalue weighted by molar-refractivity contribution is 5.90. The molecular weight excluding hydrogens is 372 g/mol. The Kier molecular flexibility index (Phi) is 5.03. The van der Waals surface area contributed by atoms with Crippen molar-refractivity contribution in [2.45, 2.75) is 32.2 Å². The minimum Gasteiger partial charge on any atom is -0.342 e. The number of likely N-dealkylation sites (tertiary alicyclic amines) is 1. The number of piperidine rings is 1. The number of allylic oxidation sites excluding steroid dienone is 1. The molecular formula is C25H28N4O. The number of urea groups is 1. The van der Waals surface area contributed by atoms with Crippen molar-refractivity contribution in [3.05, 3.63) is 71.7 Å². The van der Waals surface area contributed by atoms with E-state index >= 15 is 0 Å². The number of rotatable bonds is 4. The first-order chi connectivity index (χ1) is 14.7. The van der Waals surface area contributed by atoms with Gasteiger partial charge in [0.05, 0.1) is 17.3 Å². The number of hydrogen-bond donors (Lipinski definition) is 1. The van der Waals surface area contributed by atoms with Crippen molar-refractivity contribution in [2.75, 3.05) is 19.6 Å². The molecule has 1 fully saturated rings. The highest BCUT2D eigenvalue weighted by Gasteiger charge is 2.31. The van der Waals surface area contributed by atoms with Gasteiger partial charge in [-0.15, -0.1) is 0 Å². The van der Waals surface area contributed by atoms with Gasteiger partial charge >= 0.3 is 6.03 Å². The van der Waals surface area contributed by atoms with Gasteiger partial charge in [-0.25, -0.2) is 4.79 Å². The summed E-state index contributed by atoms with van der Waals surface area (Å²) < 4.78 is 2.39. The van der Waals surface area contributed by atoms with Crippen LogP contribution < -0.4 is 5.32 Å². The number of amides is 2. The van der Waals surface area contributed by atoms with Gasteiger partial charge in [0, 0.05) is 49.4 Å². The largest absolute Gasteiger partial charge is 0.342 e. The number of benzene rings is 1. The number of pyridine rings is 1. The van der Waals surface area contributed by atoms with Crippen LogP contribution in [0.3, 0.4) is 0 Å². The number of carbonyl (C=O) groups excluding carboxylic acids is 1. The minimum absolute atomic E-state index is 0.0473. The Morgan fingerprint density at radius 1 is 1.23 bits per heavy atom. The van der Waals surface area contributed by atoms with Crippen LogP contribution >= 0.6 is 0 Å². The van der Waals surface area contributed by atoms with Crippen molar-refractivity contribution in [3.63, 3.8) is 0 Å². The predicted molar refractivity (Wildman–Crippen MR) is 120 cm³/mol. The van der Waals surface area contributed by atoms with Gasteiger partial charge in [0.25, 0.3) is 0 Å². The fraction of sp³-hybridized carbons (Fsp3) is 0.360. The summed E-state index contributed by atoms with van der Waals surface area (Å²) in [5.41, 5.74) is 4.91. The average Bonchev–Trinajstić information content (AvgIpc) is 3.41. The van der Waals surface area contributed by atoms with Crippen molar-refractivity contribution < 1.29 is 4.79 Å². The van der Waals surface area contributed by atoms with Gasteiger partial charge in [-0.2, -0.15) is 0 Å². The van der Waals surface area contributed by atoms with Crippen LogP contribution in [-0.2, 0) is 12.8 Å². The van der Waals surface area contributed by atoms with Gasteiger partial charge in [0.1, 0.15) is 0 Å². The molecule has 2 aliphatic rings. The summed E-state index contributed by atoms with van der Waals surface area (Å²) in [6.45, 7) is 4.52. The topological polar surface area (TPSA) is 50.2 Å². The van der Waals surface area contributed by atoms with Gasteiger partial charge in [-0.3, -0.25) is 4.98 Å². The third kappa shape index (κ3) is 3.49. The van der Waals surface area contributed by atoms with E-state index in [2.05, 4.69) is 58.3 Å². The van der Waals surface area contributed by atoms with E-state index in [1.165, 1.54) is 22.0 Å². The zero-order valence-corrected chi connectivity index (χ0v) is 17.4. The van der Waals surface area contributed by atoms with Gasteiger partial charge in [-0.05, 0) is 30.4 Å². The van der Waals surface area contributed by atoms with Crippen LogP contribution in [0.5, 0.6) is 0 Å². The lowest BCUT2D eigenvalue weighted by atomic mass is 9.93. The molecule has 2 atom stereocenters. The Morgan fingerprint density at radius 2 is 2.10 bits per heavy atom. The smallest absolute Gasteiger partial charge is 0.317 e. The monoisotopic (exact) mass is 400 g/mol. The van der Waals surface area contributed by atoms with E-state index in [0.29, 0.717) is 12.5 Å². The molecule has 1 aliphatic heterocycles. The summed E-state index contributed by atoms with van der Waals surface area (Å²) in [4.78, 5) is 19.4. The van der Waals surface area contributed by atoms with E-state index in [4.69, 9.17) is 0 Å². The maximum atomic E-state index is 12.8. The Bertz CT molecular complexity index is 1090. The van der Waals surface area contributed by atoms with Crippen molar-refractivity contribution in [1.29, 1.82) is 0 Å². The molecule has 5 heteroatoms. The molecule has 2 amide bonds. The van der Waals surface area contributed by atoms with Crippen LogP contribution in [0, 0.1) is 5.92 Å². The molecule has 0 unspecified atom stereocenters. The van der Waals surface area contributed by atoms with E-state index < -0.39 is 0 Å². The third-order valence-corrected chi connectivity index (χ3v) is 6.56. The average molecular weight is 401 g/mol. The van der Waals surface area contributed by atoms with Crippen molar-refractivity contribution >= 4 is 23.0 Å². The standard InChI is InChI=1S/C25H28N4O/c1-18-11-14-28(25(30)26-13-10-19-6-3-2-4-7-19)17-23(18)29-15-12-20-16-27-22-9-5-8-21(22)24(20)29/h2-8,12,15-16,18,23H,9-11,13-14,17H2,1H3,(H,26,30)/t18-,23+/m1/s1. The predicted octanol–water partition coefficient (Wildman–Crippen LogP) is 4.44. The van der Waals surface area contributed by atoms with E-state index in [0.717, 1.165) is 38.0 Å². The SMILES string of the molecule is C[C@@H]1CCN(C(=O)NCCc2ccccc2)C[C@@H]1n1ccc2cnc3c(c21)C=CC3. The molecule has 1 aromatic carbocycles. The molecule has 30 heavy (non-hydrogen) atoms. The van der Waals surface area contributed by atoms with E-state index in [-0.39, 0.29) is 12.1 Å².